The second kappa shape index (κ2) is 6.30. The molecule has 0 nitrogen and oxygen atoms in total. The Labute approximate surface area is 73.9 Å². The van der Waals surface area contributed by atoms with Crippen LogP contribution in [0.1, 0.15) is 39.5 Å². The van der Waals surface area contributed by atoms with Crippen molar-refractivity contribution in [3.63, 3.8) is 0 Å². The molecule has 0 aromatic rings. The lowest BCUT2D eigenvalue weighted by molar-refractivity contribution is 0.638. The molecule has 2 unspecified atom stereocenters. The predicted octanol–water partition coefficient (Wildman–Crippen LogP) is 3.80. The average Bonchev–Trinajstić information content (AvgIpc) is 1.98. The first kappa shape index (κ1) is 10.6. The minimum atomic E-state index is 0.160. The molecule has 0 rings (SSSR count). The molecular weight excluding hydrogens is 167 g/mol. The van der Waals surface area contributed by atoms with Crippen molar-refractivity contribution < 1.29 is 0 Å². The summed E-state index contributed by atoms with van der Waals surface area (Å²) in [5.74, 6) is 0. The highest BCUT2D eigenvalue weighted by molar-refractivity contribution is 6.29. The summed E-state index contributed by atoms with van der Waals surface area (Å²) in [4.78, 5) is 0. The van der Waals surface area contributed by atoms with Crippen molar-refractivity contribution in [3.8, 4) is 0 Å². The van der Waals surface area contributed by atoms with Crippen LogP contribution in [0.5, 0.6) is 0 Å². The number of hydrogen-bond donors (Lipinski definition) is 0. The van der Waals surface area contributed by atoms with E-state index in [1.807, 2.05) is 0 Å². The van der Waals surface area contributed by atoms with E-state index in [-0.39, 0.29) is 10.8 Å². The van der Waals surface area contributed by atoms with Gasteiger partial charge in [0.25, 0.3) is 0 Å². The third-order valence-corrected chi connectivity index (χ3v) is 2.88. The molecule has 0 aliphatic rings. The Hall–Kier alpha value is 0.580. The van der Waals surface area contributed by atoms with Crippen molar-refractivity contribution in [2.24, 2.45) is 0 Å². The molecule has 0 saturated carbocycles. The van der Waals surface area contributed by atoms with Gasteiger partial charge in [0.15, 0.2) is 0 Å². The molecule has 2 heteroatoms. The second-order valence-corrected chi connectivity index (χ2v) is 3.70. The van der Waals surface area contributed by atoms with Crippen LogP contribution in [0, 0.1) is 0 Å². The molecule has 0 aliphatic heterocycles. The second-order valence-electron chi connectivity index (χ2n) is 2.58. The predicted molar refractivity (Wildman–Crippen MR) is 49.1 cm³/mol. The molecule has 2 atom stereocenters. The number of rotatable bonds is 5. The van der Waals surface area contributed by atoms with E-state index in [1.54, 1.807) is 0 Å². The molecule has 0 aliphatic carbocycles. The third kappa shape index (κ3) is 4.40. The number of hydrogen-bond acceptors (Lipinski definition) is 0. The van der Waals surface area contributed by atoms with Crippen LogP contribution >= 0.6 is 23.2 Å². The molecular formula is C8H16Cl2. The van der Waals surface area contributed by atoms with Crippen LogP contribution < -0.4 is 0 Å². The zero-order valence-corrected chi connectivity index (χ0v) is 8.25. The highest BCUT2D eigenvalue weighted by Gasteiger charge is 2.12. The van der Waals surface area contributed by atoms with Gasteiger partial charge < -0.3 is 0 Å². The maximum atomic E-state index is 5.98. The lowest BCUT2D eigenvalue weighted by Crippen LogP contribution is -2.13. The largest absolute Gasteiger partial charge is 0.121 e. The van der Waals surface area contributed by atoms with E-state index < -0.39 is 0 Å². The van der Waals surface area contributed by atoms with Gasteiger partial charge in [-0.2, -0.15) is 0 Å². The molecule has 62 valence electrons. The number of halogens is 2. The average molecular weight is 183 g/mol. The molecule has 0 heterocycles. The van der Waals surface area contributed by atoms with Gasteiger partial charge in [-0.25, -0.2) is 0 Å². The highest BCUT2D eigenvalue weighted by atomic mass is 35.5. The van der Waals surface area contributed by atoms with E-state index in [4.69, 9.17) is 23.2 Å². The van der Waals surface area contributed by atoms with Gasteiger partial charge in [-0.3, -0.25) is 0 Å². The molecule has 0 bridgehead atoms. The standard InChI is InChI=1S/C8H16Cl2/c1-3-5-6-8(10)7(9)4-2/h7-8H,3-6H2,1-2H3. The topological polar surface area (TPSA) is 0 Å². The molecule has 10 heavy (non-hydrogen) atoms. The lowest BCUT2D eigenvalue weighted by Gasteiger charge is -2.12. The van der Waals surface area contributed by atoms with Crippen LogP contribution in [-0.2, 0) is 0 Å². The fraction of sp³-hybridized carbons (Fsp3) is 1.00. The summed E-state index contributed by atoms with van der Waals surface area (Å²) in [6.45, 7) is 4.23. The van der Waals surface area contributed by atoms with Gasteiger partial charge in [0.1, 0.15) is 0 Å². The Balaban J connectivity index is 3.31. The quantitative estimate of drug-likeness (QED) is 0.568. The third-order valence-electron chi connectivity index (χ3n) is 1.62. The van der Waals surface area contributed by atoms with Gasteiger partial charge >= 0.3 is 0 Å². The Bertz CT molecular complexity index is 73.7. The van der Waals surface area contributed by atoms with Crippen LogP contribution in [0.2, 0.25) is 0 Å². The summed E-state index contributed by atoms with van der Waals surface area (Å²) in [7, 11) is 0. The molecule has 0 N–H and O–H groups in total. The number of unbranched alkanes of at least 4 members (excludes halogenated alkanes) is 1. The van der Waals surface area contributed by atoms with E-state index in [9.17, 15) is 0 Å². The Morgan fingerprint density at radius 3 is 2.10 bits per heavy atom. The number of alkyl halides is 2. The molecule has 0 spiro atoms. The van der Waals surface area contributed by atoms with Gasteiger partial charge in [-0.1, -0.05) is 26.7 Å². The fourth-order valence-corrected chi connectivity index (χ4v) is 1.29. The molecule has 0 radical (unpaired) electrons. The van der Waals surface area contributed by atoms with Gasteiger partial charge in [0.05, 0.1) is 0 Å². The SMILES string of the molecule is CCCCC(Cl)C(Cl)CC. The zero-order chi connectivity index (χ0) is 7.98. The van der Waals surface area contributed by atoms with E-state index in [0.717, 1.165) is 12.8 Å². The Morgan fingerprint density at radius 1 is 1.10 bits per heavy atom. The zero-order valence-electron chi connectivity index (χ0n) is 6.74. The van der Waals surface area contributed by atoms with Crippen molar-refractivity contribution in [2.45, 2.75) is 50.3 Å². The van der Waals surface area contributed by atoms with Crippen LogP contribution in [0.25, 0.3) is 0 Å². The van der Waals surface area contributed by atoms with E-state index in [0.29, 0.717) is 0 Å². The maximum Gasteiger partial charge on any atom is 0.0499 e. The summed E-state index contributed by atoms with van der Waals surface area (Å²) in [5, 5.41) is 0.333. The van der Waals surface area contributed by atoms with Crippen LogP contribution in [0.15, 0.2) is 0 Å². The minimum absolute atomic E-state index is 0.160. The Morgan fingerprint density at radius 2 is 1.70 bits per heavy atom. The van der Waals surface area contributed by atoms with Crippen molar-refractivity contribution >= 4 is 23.2 Å². The van der Waals surface area contributed by atoms with Gasteiger partial charge in [0, 0.05) is 10.8 Å². The van der Waals surface area contributed by atoms with E-state index in [1.165, 1.54) is 12.8 Å². The fourth-order valence-electron chi connectivity index (χ4n) is 0.836. The summed E-state index contributed by atoms with van der Waals surface area (Å²) >= 11 is 11.9. The first-order chi connectivity index (χ1) is 4.72. The summed E-state index contributed by atoms with van der Waals surface area (Å²) in [5.41, 5.74) is 0. The van der Waals surface area contributed by atoms with E-state index >= 15 is 0 Å². The van der Waals surface area contributed by atoms with Crippen molar-refractivity contribution in [3.05, 3.63) is 0 Å². The van der Waals surface area contributed by atoms with Crippen molar-refractivity contribution in [1.82, 2.24) is 0 Å². The normalized spacial score (nSPS) is 16.8. The molecule has 0 amide bonds. The van der Waals surface area contributed by atoms with Gasteiger partial charge in [0.2, 0.25) is 0 Å². The summed E-state index contributed by atoms with van der Waals surface area (Å²) in [6, 6.07) is 0. The van der Waals surface area contributed by atoms with Gasteiger partial charge in [-0.15, -0.1) is 23.2 Å². The van der Waals surface area contributed by atoms with Gasteiger partial charge in [-0.05, 0) is 12.8 Å². The molecule has 0 fully saturated rings. The van der Waals surface area contributed by atoms with Crippen LogP contribution in [-0.4, -0.2) is 10.8 Å². The highest BCUT2D eigenvalue weighted by Crippen LogP contribution is 2.18. The van der Waals surface area contributed by atoms with Crippen molar-refractivity contribution in [1.29, 1.82) is 0 Å². The van der Waals surface area contributed by atoms with E-state index in [2.05, 4.69) is 13.8 Å². The summed E-state index contributed by atoms with van der Waals surface area (Å²) < 4.78 is 0. The van der Waals surface area contributed by atoms with Crippen LogP contribution in [0.4, 0.5) is 0 Å². The lowest BCUT2D eigenvalue weighted by atomic mass is 10.1. The summed E-state index contributed by atoms with van der Waals surface area (Å²) in [6.07, 6.45) is 4.42. The molecule has 0 aromatic heterocycles. The first-order valence-corrected chi connectivity index (χ1v) is 4.87. The monoisotopic (exact) mass is 182 g/mol. The van der Waals surface area contributed by atoms with Crippen LogP contribution in [0.3, 0.4) is 0 Å². The Kier molecular flexibility index (Phi) is 6.67. The minimum Gasteiger partial charge on any atom is -0.121 e. The first-order valence-electron chi connectivity index (χ1n) is 4.00. The van der Waals surface area contributed by atoms with Crippen molar-refractivity contribution in [2.75, 3.05) is 0 Å². The maximum absolute atomic E-state index is 5.98. The molecule has 0 saturated heterocycles. The molecule has 0 aromatic carbocycles. The smallest absolute Gasteiger partial charge is 0.0499 e.